The number of para-hydroxylation sites is 1. The van der Waals surface area contributed by atoms with E-state index in [1.54, 1.807) is 19.9 Å². The van der Waals surface area contributed by atoms with Gasteiger partial charge in [-0.1, -0.05) is 23.7 Å². The zero-order valence-electron chi connectivity index (χ0n) is 13.2. The number of aromatic amines is 1. The van der Waals surface area contributed by atoms with Gasteiger partial charge in [0, 0.05) is 11.9 Å². The van der Waals surface area contributed by atoms with Crippen LogP contribution in [0.5, 0.6) is 0 Å². The number of aryl methyl sites for hydroxylation is 2. The fourth-order valence-electron chi connectivity index (χ4n) is 3.19. The minimum absolute atomic E-state index is 0.219. The van der Waals surface area contributed by atoms with Gasteiger partial charge in [-0.15, -0.1) is 0 Å². The Bertz CT molecular complexity index is 1060. The number of benzene rings is 1. The predicted molar refractivity (Wildman–Crippen MR) is 93.1 cm³/mol. The van der Waals surface area contributed by atoms with Crippen molar-refractivity contribution >= 4 is 38.3 Å². The van der Waals surface area contributed by atoms with E-state index in [-0.39, 0.29) is 4.90 Å². The first-order valence-corrected chi connectivity index (χ1v) is 9.34. The Kier molecular flexibility index (Phi) is 3.33. The van der Waals surface area contributed by atoms with Crippen molar-refractivity contribution in [3.63, 3.8) is 0 Å². The molecule has 6 nitrogen and oxygen atoms in total. The summed E-state index contributed by atoms with van der Waals surface area (Å²) in [5, 5.41) is 8.16. The average molecular weight is 363 g/mol. The molecular weight excluding hydrogens is 348 g/mol. The first-order valence-electron chi connectivity index (χ1n) is 7.52. The highest BCUT2D eigenvalue weighted by atomic mass is 35.5. The number of hydrogen-bond donors (Lipinski definition) is 1. The number of hydrogen-bond acceptors (Lipinski definition) is 4. The standard InChI is InChI=1S/C16H15ClN4O2S/c1-9-15(10(2)20-19-9)24(22,23)21-7-6-12-8-11-4-3-5-13(17)14(11)18-16(12)21/h3-5,8H,6-7H2,1-2H3,(H,19,20). The van der Waals surface area contributed by atoms with Crippen molar-refractivity contribution in [1.29, 1.82) is 0 Å². The van der Waals surface area contributed by atoms with Crippen LogP contribution in [0.4, 0.5) is 5.82 Å². The van der Waals surface area contributed by atoms with Crippen LogP contribution in [0.1, 0.15) is 17.0 Å². The van der Waals surface area contributed by atoms with Gasteiger partial charge >= 0.3 is 0 Å². The Labute approximate surface area is 144 Å². The Hall–Kier alpha value is -2.12. The highest BCUT2D eigenvalue weighted by Crippen LogP contribution is 2.36. The SMILES string of the molecule is Cc1n[nH]c(C)c1S(=O)(=O)N1CCc2cc3cccc(Cl)c3nc21. The number of aromatic nitrogens is 3. The summed E-state index contributed by atoms with van der Waals surface area (Å²) >= 11 is 6.23. The van der Waals surface area contributed by atoms with Crippen molar-refractivity contribution < 1.29 is 8.42 Å². The summed E-state index contributed by atoms with van der Waals surface area (Å²) in [4.78, 5) is 4.78. The fourth-order valence-corrected chi connectivity index (χ4v) is 5.20. The molecule has 0 aliphatic carbocycles. The van der Waals surface area contributed by atoms with E-state index < -0.39 is 10.0 Å². The van der Waals surface area contributed by atoms with Gasteiger partial charge in [0.2, 0.25) is 0 Å². The molecular formula is C16H15ClN4O2S. The number of pyridine rings is 1. The zero-order valence-corrected chi connectivity index (χ0v) is 14.7. The topological polar surface area (TPSA) is 79.0 Å². The quantitative estimate of drug-likeness (QED) is 0.760. The summed E-state index contributed by atoms with van der Waals surface area (Å²) in [5.74, 6) is 0.454. The number of halogens is 1. The first kappa shape index (κ1) is 15.4. The molecule has 1 aliphatic rings. The van der Waals surface area contributed by atoms with Crippen LogP contribution in [-0.4, -0.2) is 30.1 Å². The number of nitrogens with zero attached hydrogens (tertiary/aromatic N) is 3. The fraction of sp³-hybridized carbons (Fsp3) is 0.250. The molecule has 1 aromatic carbocycles. The lowest BCUT2D eigenvalue weighted by Crippen LogP contribution is -2.30. The molecule has 0 radical (unpaired) electrons. The van der Waals surface area contributed by atoms with Crippen LogP contribution in [0.2, 0.25) is 5.02 Å². The molecule has 1 aliphatic heterocycles. The van der Waals surface area contributed by atoms with Gasteiger partial charge in [0.05, 0.1) is 21.9 Å². The lowest BCUT2D eigenvalue weighted by atomic mass is 10.1. The summed E-state index contributed by atoms with van der Waals surface area (Å²) in [6.07, 6.45) is 0.625. The van der Waals surface area contributed by atoms with Crippen LogP contribution in [0.3, 0.4) is 0 Å². The van der Waals surface area contributed by atoms with Crippen LogP contribution < -0.4 is 4.31 Å². The van der Waals surface area contributed by atoms with Crippen LogP contribution in [0, 0.1) is 13.8 Å². The van der Waals surface area contributed by atoms with E-state index in [0.29, 0.717) is 40.7 Å². The largest absolute Gasteiger partial charge is 0.281 e. The Morgan fingerprint density at radius 1 is 1.29 bits per heavy atom. The highest BCUT2D eigenvalue weighted by molar-refractivity contribution is 7.93. The minimum Gasteiger partial charge on any atom is -0.281 e. The molecule has 0 unspecified atom stereocenters. The normalized spacial score (nSPS) is 14.4. The van der Waals surface area contributed by atoms with Gasteiger partial charge in [-0.3, -0.25) is 5.10 Å². The maximum atomic E-state index is 13.1. The molecule has 0 spiro atoms. The van der Waals surface area contributed by atoms with Gasteiger partial charge in [-0.05, 0) is 38.0 Å². The van der Waals surface area contributed by atoms with Gasteiger partial charge in [-0.25, -0.2) is 17.7 Å². The number of nitrogens with one attached hydrogen (secondary N) is 1. The summed E-state index contributed by atoms with van der Waals surface area (Å²) in [6, 6.07) is 7.51. The maximum absolute atomic E-state index is 13.1. The molecule has 3 heterocycles. The third kappa shape index (κ3) is 2.12. The second-order valence-electron chi connectivity index (χ2n) is 5.87. The molecule has 0 atom stereocenters. The molecule has 4 rings (SSSR count). The second-order valence-corrected chi connectivity index (χ2v) is 8.08. The molecule has 0 saturated carbocycles. The molecule has 124 valence electrons. The van der Waals surface area contributed by atoms with Crippen molar-refractivity contribution in [2.45, 2.75) is 25.2 Å². The molecule has 0 bridgehead atoms. The highest BCUT2D eigenvalue weighted by Gasteiger charge is 2.35. The van der Waals surface area contributed by atoms with E-state index >= 15 is 0 Å². The van der Waals surface area contributed by atoms with Crippen LogP contribution in [0.15, 0.2) is 29.2 Å². The molecule has 8 heteroatoms. The zero-order chi connectivity index (χ0) is 17.1. The molecule has 1 N–H and O–H groups in total. The van der Waals surface area contributed by atoms with Crippen LogP contribution in [-0.2, 0) is 16.4 Å². The Morgan fingerprint density at radius 2 is 2.08 bits per heavy atom. The van der Waals surface area contributed by atoms with E-state index in [2.05, 4.69) is 15.2 Å². The summed E-state index contributed by atoms with van der Waals surface area (Å²) in [7, 11) is -3.72. The number of fused-ring (bicyclic) bond motifs is 2. The smallest absolute Gasteiger partial charge is 0.269 e. The molecule has 0 amide bonds. The number of sulfonamides is 1. The summed E-state index contributed by atoms with van der Waals surface area (Å²) < 4.78 is 27.6. The first-order chi connectivity index (χ1) is 11.4. The number of H-pyrrole nitrogens is 1. The summed E-state index contributed by atoms with van der Waals surface area (Å²) in [6.45, 7) is 3.75. The lowest BCUT2D eigenvalue weighted by Gasteiger charge is -2.19. The van der Waals surface area contributed by atoms with Gasteiger partial charge in [-0.2, -0.15) is 5.10 Å². The molecule has 2 aromatic heterocycles. The van der Waals surface area contributed by atoms with Crippen molar-refractivity contribution in [3.05, 3.63) is 46.2 Å². The third-order valence-electron chi connectivity index (χ3n) is 4.28. The van der Waals surface area contributed by atoms with Crippen LogP contribution >= 0.6 is 11.6 Å². The van der Waals surface area contributed by atoms with Gasteiger partial charge < -0.3 is 0 Å². The molecule has 0 saturated heterocycles. The number of rotatable bonds is 2. The monoisotopic (exact) mass is 362 g/mol. The van der Waals surface area contributed by atoms with E-state index in [4.69, 9.17) is 11.6 Å². The van der Waals surface area contributed by atoms with Gasteiger partial charge in [0.15, 0.2) is 0 Å². The Balaban J connectivity index is 1.91. The molecule has 24 heavy (non-hydrogen) atoms. The van der Waals surface area contributed by atoms with E-state index in [1.165, 1.54) is 4.31 Å². The molecule has 0 fully saturated rings. The van der Waals surface area contributed by atoms with Gasteiger partial charge in [0.1, 0.15) is 10.7 Å². The second kappa shape index (κ2) is 5.19. The maximum Gasteiger partial charge on any atom is 0.269 e. The van der Waals surface area contributed by atoms with E-state index in [9.17, 15) is 8.42 Å². The number of anilines is 1. The van der Waals surface area contributed by atoms with Gasteiger partial charge in [0.25, 0.3) is 10.0 Å². The van der Waals surface area contributed by atoms with Crippen LogP contribution in [0.25, 0.3) is 10.9 Å². The average Bonchev–Trinajstić information content (AvgIpc) is 3.09. The minimum atomic E-state index is -3.72. The van der Waals surface area contributed by atoms with Crippen molar-refractivity contribution in [1.82, 2.24) is 15.2 Å². The van der Waals surface area contributed by atoms with Crippen molar-refractivity contribution in [3.8, 4) is 0 Å². The predicted octanol–water partition coefficient (Wildman–Crippen LogP) is 2.98. The Morgan fingerprint density at radius 3 is 2.79 bits per heavy atom. The van der Waals surface area contributed by atoms with E-state index in [1.807, 2.05) is 18.2 Å². The third-order valence-corrected chi connectivity index (χ3v) is 6.64. The van der Waals surface area contributed by atoms with Crippen molar-refractivity contribution in [2.75, 3.05) is 10.8 Å². The lowest BCUT2D eigenvalue weighted by molar-refractivity contribution is 0.591. The summed E-state index contributed by atoms with van der Waals surface area (Å²) in [5.41, 5.74) is 2.51. The van der Waals surface area contributed by atoms with Crippen molar-refractivity contribution in [2.24, 2.45) is 0 Å². The van der Waals surface area contributed by atoms with E-state index in [0.717, 1.165) is 10.9 Å². The molecule has 3 aromatic rings.